The molecule has 0 bridgehead atoms. The number of hydrogen-bond donors (Lipinski definition) is 0. The number of carbonyl (C=O) groups is 1. The fourth-order valence-corrected chi connectivity index (χ4v) is 2.07. The highest BCUT2D eigenvalue weighted by atomic mass is 19.2. The number of ketones is 1. The first kappa shape index (κ1) is 15.3. The first-order valence-corrected chi connectivity index (χ1v) is 6.55. The highest BCUT2D eigenvalue weighted by Gasteiger charge is 2.21. The Bertz CT molecular complexity index is 654. The predicted molar refractivity (Wildman–Crippen MR) is 74.8 cm³/mol. The topological polar surface area (TPSA) is 38.1 Å². The molecule has 1 unspecified atom stereocenters. The molecule has 0 spiro atoms. The SMILES string of the molecule is CC(C(=O)c1ccc(F)c(F)c1)N(C)Cc1cnn(C)c1. The summed E-state index contributed by atoms with van der Waals surface area (Å²) in [5.41, 5.74) is 1.14. The normalized spacial score (nSPS) is 12.7. The standard InChI is InChI=1S/C15H17F2N3O/c1-10(19(2)8-11-7-18-20(3)9-11)15(21)12-4-5-13(16)14(17)6-12/h4-7,9-10H,8H2,1-3H3. The molecule has 0 aliphatic heterocycles. The van der Waals surface area contributed by atoms with Crippen molar-refractivity contribution < 1.29 is 13.6 Å². The van der Waals surface area contributed by atoms with Crippen LogP contribution in [0.4, 0.5) is 8.78 Å². The molecule has 4 nitrogen and oxygen atoms in total. The Labute approximate surface area is 122 Å². The summed E-state index contributed by atoms with van der Waals surface area (Å²) < 4.78 is 27.8. The molecule has 0 aliphatic carbocycles. The van der Waals surface area contributed by atoms with Crippen molar-refractivity contribution in [1.82, 2.24) is 14.7 Å². The van der Waals surface area contributed by atoms with Crippen molar-refractivity contribution in [3.63, 3.8) is 0 Å². The summed E-state index contributed by atoms with van der Waals surface area (Å²) in [7, 11) is 3.62. The molecule has 2 aromatic rings. The van der Waals surface area contributed by atoms with Gasteiger partial charge in [-0.2, -0.15) is 5.10 Å². The number of Topliss-reactive ketones (excluding diaryl/α,β-unsaturated/α-hetero) is 1. The van der Waals surface area contributed by atoms with Crippen LogP contribution in [-0.4, -0.2) is 33.6 Å². The van der Waals surface area contributed by atoms with Crippen molar-refractivity contribution in [2.45, 2.75) is 19.5 Å². The molecular formula is C15H17F2N3O. The van der Waals surface area contributed by atoms with Crippen molar-refractivity contribution in [3.05, 3.63) is 53.4 Å². The molecule has 1 heterocycles. The van der Waals surface area contributed by atoms with Gasteiger partial charge in [0, 0.05) is 30.9 Å². The van der Waals surface area contributed by atoms with Gasteiger partial charge in [0.1, 0.15) is 0 Å². The third-order valence-corrected chi connectivity index (χ3v) is 3.44. The van der Waals surface area contributed by atoms with E-state index in [0.717, 1.165) is 17.7 Å². The van der Waals surface area contributed by atoms with E-state index in [1.54, 1.807) is 24.9 Å². The summed E-state index contributed by atoms with van der Waals surface area (Å²) in [5.74, 6) is -2.22. The Kier molecular flexibility index (Phi) is 4.47. The van der Waals surface area contributed by atoms with Crippen molar-refractivity contribution in [3.8, 4) is 0 Å². The molecule has 0 aliphatic rings. The fraction of sp³-hybridized carbons (Fsp3) is 0.333. The zero-order valence-corrected chi connectivity index (χ0v) is 12.2. The molecule has 1 aromatic carbocycles. The molecule has 1 aromatic heterocycles. The van der Waals surface area contributed by atoms with Gasteiger partial charge in [-0.05, 0) is 32.2 Å². The maximum absolute atomic E-state index is 13.2. The van der Waals surface area contributed by atoms with E-state index in [2.05, 4.69) is 5.10 Å². The average Bonchev–Trinajstić information content (AvgIpc) is 2.85. The zero-order chi connectivity index (χ0) is 15.6. The number of hydrogen-bond acceptors (Lipinski definition) is 3. The van der Waals surface area contributed by atoms with E-state index in [0.29, 0.717) is 6.54 Å². The van der Waals surface area contributed by atoms with E-state index < -0.39 is 17.7 Å². The molecule has 6 heteroatoms. The van der Waals surface area contributed by atoms with Crippen LogP contribution >= 0.6 is 0 Å². The molecule has 0 radical (unpaired) electrons. The zero-order valence-electron chi connectivity index (χ0n) is 12.2. The van der Waals surface area contributed by atoms with Gasteiger partial charge in [-0.25, -0.2) is 8.78 Å². The summed E-state index contributed by atoms with van der Waals surface area (Å²) in [5, 5.41) is 4.07. The minimum Gasteiger partial charge on any atom is -0.292 e. The van der Waals surface area contributed by atoms with Gasteiger partial charge in [0.05, 0.1) is 12.2 Å². The molecule has 21 heavy (non-hydrogen) atoms. The Morgan fingerprint density at radius 3 is 2.67 bits per heavy atom. The van der Waals surface area contributed by atoms with Gasteiger partial charge in [-0.15, -0.1) is 0 Å². The minimum atomic E-state index is -1.01. The van der Waals surface area contributed by atoms with Gasteiger partial charge in [0.2, 0.25) is 0 Å². The lowest BCUT2D eigenvalue weighted by Gasteiger charge is -2.23. The predicted octanol–water partition coefficient (Wildman–Crippen LogP) is 2.40. The second-order valence-corrected chi connectivity index (χ2v) is 5.11. The molecule has 0 amide bonds. The number of benzene rings is 1. The minimum absolute atomic E-state index is 0.166. The third kappa shape index (κ3) is 3.52. The van der Waals surface area contributed by atoms with Gasteiger partial charge in [-0.3, -0.25) is 14.4 Å². The second-order valence-electron chi connectivity index (χ2n) is 5.11. The molecule has 0 saturated carbocycles. The lowest BCUT2D eigenvalue weighted by atomic mass is 10.0. The lowest BCUT2D eigenvalue weighted by molar-refractivity contribution is 0.0861. The van der Waals surface area contributed by atoms with Crippen LogP contribution < -0.4 is 0 Å². The maximum atomic E-state index is 13.2. The van der Waals surface area contributed by atoms with Crippen LogP contribution in [0.5, 0.6) is 0 Å². The van der Waals surface area contributed by atoms with E-state index in [4.69, 9.17) is 0 Å². The van der Waals surface area contributed by atoms with Crippen molar-refractivity contribution >= 4 is 5.78 Å². The number of aromatic nitrogens is 2. The van der Waals surface area contributed by atoms with Gasteiger partial charge >= 0.3 is 0 Å². The smallest absolute Gasteiger partial charge is 0.179 e. The average molecular weight is 293 g/mol. The summed E-state index contributed by atoms with van der Waals surface area (Å²) in [6.07, 6.45) is 3.59. The van der Waals surface area contributed by atoms with Crippen molar-refractivity contribution in [2.24, 2.45) is 7.05 Å². The Hall–Kier alpha value is -2.08. The maximum Gasteiger partial charge on any atom is 0.179 e. The molecule has 0 saturated heterocycles. The van der Waals surface area contributed by atoms with Crippen LogP contribution in [0.3, 0.4) is 0 Å². The van der Waals surface area contributed by atoms with E-state index in [1.807, 2.05) is 18.1 Å². The Morgan fingerprint density at radius 2 is 2.10 bits per heavy atom. The van der Waals surface area contributed by atoms with Crippen molar-refractivity contribution in [2.75, 3.05) is 7.05 Å². The number of nitrogens with zero attached hydrogens (tertiary/aromatic N) is 3. The van der Waals surface area contributed by atoms with Crippen LogP contribution in [0, 0.1) is 11.6 Å². The molecule has 112 valence electrons. The Morgan fingerprint density at radius 1 is 1.38 bits per heavy atom. The van der Waals surface area contributed by atoms with Crippen LogP contribution in [0.2, 0.25) is 0 Å². The largest absolute Gasteiger partial charge is 0.292 e. The number of likely N-dealkylation sites (N-methyl/N-ethyl adjacent to an activating group) is 1. The van der Waals surface area contributed by atoms with Gasteiger partial charge in [0.25, 0.3) is 0 Å². The lowest BCUT2D eigenvalue weighted by Crippen LogP contribution is -2.35. The van der Waals surface area contributed by atoms with Crippen LogP contribution in [0.25, 0.3) is 0 Å². The van der Waals surface area contributed by atoms with Crippen LogP contribution in [-0.2, 0) is 13.6 Å². The number of rotatable bonds is 5. The molecule has 2 rings (SSSR count). The van der Waals surface area contributed by atoms with E-state index in [1.165, 1.54) is 6.07 Å². The molecular weight excluding hydrogens is 276 g/mol. The molecule has 1 atom stereocenters. The first-order valence-electron chi connectivity index (χ1n) is 6.55. The number of halogens is 2. The molecule has 0 fully saturated rings. The van der Waals surface area contributed by atoms with Crippen LogP contribution in [0.15, 0.2) is 30.6 Å². The summed E-state index contributed by atoms with van der Waals surface area (Å²) >= 11 is 0. The summed E-state index contributed by atoms with van der Waals surface area (Å²) in [4.78, 5) is 14.1. The van der Waals surface area contributed by atoms with E-state index in [9.17, 15) is 13.6 Å². The van der Waals surface area contributed by atoms with E-state index in [-0.39, 0.29) is 11.3 Å². The highest BCUT2D eigenvalue weighted by molar-refractivity contribution is 5.99. The monoisotopic (exact) mass is 293 g/mol. The van der Waals surface area contributed by atoms with Gasteiger partial charge in [0.15, 0.2) is 17.4 Å². The summed E-state index contributed by atoms with van der Waals surface area (Å²) in [6.45, 7) is 2.28. The second kappa shape index (κ2) is 6.13. The van der Waals surface area contributed by atoms with Crippen LogP contribution in [0.1, 0.15) is 22.8 Å². The van der Waals surface area contributed by atoms with Gasteiger partial charge in [-0.1, -0.05) is 0 Å². The van der Waals surface area contributed by atoms with E-state index >= 15 is 0 Å². The third-order valence-electron chi connectivity index (χ3n) is 3.44. The van der Waals surface area contributed by atoms with Crippen molar-refractivity contribution in [1.29, 1.82) is 0 Å². The summed E-state index contributed by atoms with van der Waals surface area (Å²) in [6, 6.07) is 2.76. The quantitative estimate of drug-likeness (QED) is 0.795. The number of carbonyl (C=O) groups excluding carboxylic acids is 1. The Balaban J connectivity index is 2.08. The fourth-order valence-electron chi connectivity index (χ4n) is 2.07. The number of aryl methyl sites for hydroxylation is 1. The highest BCUT2D eigenvalue weighted by Crippen LogP contribution is 2.14. The van der Waals surface area contributed by atoms with Gasteiger partial charge < -0.3 is 0 Å². The molecule has 0 N–H and O–H groups in total. The first-order chi connectivity index (χ1) is 9.88.